The van der Waals surface area contributed by atoms with Crippen LogP contribution in [-0.2, 0) is 6.54 Å². The largest absolute Gasteiger partial charge is 0.343 e. The molecule has 0 aliphatic carbocycles. The van der Waals surface area contributed by atoms with Gasteiger partial charge in [-0.2, -0.15) is 0 Å². The van der Waals surface area contributed by atoms with E-state index in [0.717, 1.165) is 31.2 Å². The number of aromatic amines is 1. The van der Waals surface area contributed by atoms with E-state index in [1.165, 1.54) is 55.4 Å². The zero-order chi connectivity index (χ0) is 15.6. The maximum Gasteiger partial charge on any atom is 0.137 e. The van der Waals surface area contributed by atoms with Gasteiger partial charge in [-0.3, -0.25) is 4.90 Å². The second-order valence-electron chi connectivity index (χ2n) is 7.44. The molecule has 23 heavy (non-hydrogen) atoms. The van der Waals surface area contributed by atoms with Crippen LogP contribution in [0.1, 0.15) is 49.8 Å². The lowest BCUT2D eigenvalue weighted by atomic mass is 9.92. The molecule has 4 heterocycles. The number of hydrogen-bond donors (Lipinski definition) is 2. The molecular formula is C19H28N4. The first kappa shape index (κ1) is 15.2. The van der Waals surface area contributed by atoms with Crippen LogP contribution in [0.5, 0.6) is 0 Å². The molecular weight excluding hydrogens is 284 g/mol. The fourth-order valence-corrected chi connectivity index (χ4v) is 4.37. The Bertz CT molecular complexity index is 656. The van der Waals surface area contributed by atoms with Crippen LogP contribution in [0.4, 0.5) is 0 Å². The first-order valence-corrected chi connectivity index (χ1v) is 9.20. The number of pyridine rings is 1. The molecule has 4 rings (SSSR count). The van der Waals surface area contributed by atoms with E-state index in [0.29, 0.717) is 5.92 Å². The van der Waals surface area contributed by atoms with Gasteiger partial charge in [0.25, 0.3) is 0 Å². The van der Waals surface area contributed by atoms with E-state index in [-0.39, 0.29) is 0 Å². The second-order valence-corrected chi connectivity index (χ2v) is 7.44. The van der Waals surface area contributed by atoms with Gasteiger partial charge in [0.2, 0.25) is 0 Å². The summed E-state index contributed by atoms with van der Waals surface area (Å²) in [7, 11) is 0. The third kappa shape index (κ3) is 3.15. The van der Waals surface area contributed by atoms with Gasteiger partial charge in [-0.05, 0) is 62.4 Å². The van der Waals surface area contributed by atoms with Gasteiger partial charge >= 0.3 is 0 Å². The lowest BCUT2D eigenvalue weighted by molar-refractivity contribution is 0.176. The van der Waals surface area contributed by atoms with Gasteiger partial charge in [-0.1, -0.05) is 6.92 Å². The number of likely N-dealkylation sites (tertiary alicyclic amines) is 1. The summed E-state index contributed by atoms with van der Waals surface area (Å²) in [6, 6.07) is 4.31. The monoisotopic (exact) mass is 312 g/mol. The molecule has 0 radical (unpaired) electrons. The van der Waals surface area contributed by atoms with Crippen molar-refractivity contribution in [3.63, 3.8) is 0 Å². The Kier molecular flexibility index (Phi) is 4.36. The second kappa shape index (κ2) is 6.62. The third-order valence-electron chi connectivity index (χ3n) is 5.54. The number of fused-ring (bicyclic) bond motifs is 1. The molecule has 0 aromatic carbocycles. The summed E-state index contributed by atoms with van der Waals surface area (Å²) < 4.78 is 0. The zero-order valence-electron chi connectivity index (χ0n) is 14.1. The summed E-state index contributed by atoms with van der Waals surface area (Å²) in [5.74, 6) is 1.43. The van der Waals surface area contributed by atoms with Crippen molar-refractivity contribution in [1.29, 1.82) is 0 Å². The van der Waals surface area contributed by atoms with E-state index >= 15 is 0 Å². The van der Waals surface area contributed by atoms with E-state index in [9.17, 15) is 0 Å². The molecule has 2 fully saturated rings. The molecule has 0 unspecified atom stereocenters. The van der Waals surface area contributed by atoms with Crippen LogP contribution in [0.15, 0.2) is 18.3 Å². The fourth-order valence-electron chi connectivity index (χ4n) is 4.37. The molecule has 124 valence electrons. The van der Waals surface area contributed by atoms with E-state index in [1.54, 1.807) is 0 Å². The molecule has 4 nitrogen and oxygen atoms in total. The molecule has 0 bridgehead atoms. The molecule has 2 aromatic rings. The highest BCUT2D eigenvalue weighted by Crippen LogP contribution is 2.32. The van der Waals surface area contributed by atoms with Gasteiger partial charge in [-0.15, -0.1) is 0 Å². The van der Waals surface area contributed by atoms with E-state index in [1.807, 2.05) is 6.20 Å². The summed E-state index contributed by atoms with van der Waals surface area (Å²) in [6.45, 7) is 8.18. The van der Waals surface area contributed by atoms with Crippen LogP contribution in [0.25, 0.3) is 11.0 Å². The Labute approximate surface area is 138 Å². The number of hydrogen-bond acceptors (Lipinski definition) is 3. The highest BCUT2D eigenvalue weighted by atomic mass is 15.1. The molecule has 2 aromatic heterocycles. The van der Waals surface area contributed by atoms with Crippen LogP contribution < -0.4 is 5.32 Å². The quantitative estimate of drug-likeness (QED) is 0.914. The number of nitrogens with zero attached hydrogens (tertiary/aromatic N) is 2. The first-order chi connectivity index (χ1) is 11.3. The van der Waals surface area contributed by atoms with Crippen LogP contribution >= 0.6 is 0 Å². The van der Waals surface area contributed by atoms with Crippen molar-refractivity contribution in [3.8, 4) is 0 Å². The number of nitrogens with one attached hydrogen (secondary N) is 2. The Morgan fingerprint density at radius 3 is 3.09 bits per heavy atom. The summed E-state index contributed by atoms with van der Waals surface area (Å²) in [6.07, 6.45) is 7.17. The summed E-state index contributed by atoms with van der Waals surface area (Å²) in [4.78, 5) is 10.9. The SMILES string of the molecule is C[C@@H]1CCCN(Cc2c([C@H]3CCCNC3)[nH]c3ncccc23)C1. The summed E-state index contributed by atoms with van der Waals surface area (Å²) in [5.41, 5.74) is 3.99. The smallest absolute Gasteiger partial charge is 0.137 e. The van der Waals surface area contributed by atoms with E-state index in [4.69, 9.17) is 0 Å². The van der Waals surface area contributed by atoms with Crippen LogP contribution in [0.3, 0.4) is 0 Å². The maximum absolute atomic E-state index is 4.57. The molecule has 4 heteroatoms. The predicted molar refractivity (Wildman–Crippen MR) is 94.6 cm³/mol. The molecule has 2 aliphatic heterocycles. The van der Waals surface area contributed by atoms with Crippen molar-refractivity contribution in [2.45, 2.75) is 45.1 Å². The topological polar surface area (TPSA) is 44.0 Å². The molecule has 2 saturated heterocycles. The van der Waals surface area contributed by atoms with Gasteiger partial charge in [-0.25, -0.2) is 4.98 Å². The van der Waals surface area contributed by atoms with Gasteiger partial charge in [0.05, 0.1) is 0 Å². The summed E-state index contributed by atoms with van der Waals surface area (Å²) >= 11 is 0. The average molecular weight is 312 g/mol. The van der Waals surface area contributed by atoms with Crippen LogP contribution in [0.2, 0.25) is 0 Å². The predicted octanol–water partition coefficient (Wildman–Crippen LogP) is 3.26. The average Bonchev–Trinajstić information content (AvgIpc) is 2.95. The van der Waals surface area contributed by atoms with Gasteiger partial charge < -0.3 is 10.3 Å². The molecule has 2 N–H and O–H groups in total. The van der Waals surface area contributed by atoms with Crippen LogP contribution in [-0.4, -0.2) is 41.0 Å². The van der Waals surface area contributed by atoms with Crippen molar-refractivity contribution in [1.82, 2.24) is 20.2 Å². The Hall–Kier alpha value is -1.39. The molecule has 2 atom stereocenters. The minimum absolute atomic E-state index is 0.607. The lowest BCUT2D eigenvalue weighted by Crippen LogP contribution is -2.34. The minimum atomic E-state index is 0.607. The minimum Gasteiger partial charge on any atom is -0.343 e. The van der Waals surface area contributed by atoms with Crippen molar-refractivity contribution < 1.29 is 0 Å². The molecule has 0 amide bonds. The zero-order valence-corrected chi connectivity index (χ0v) is 14.1. The fraction of sp³-hybridized carbons (Fsp3) is 0.632. The number of aromatic nitrogens is 2. The van der Waals surface area contributed by atoms with Crippen molar-refractivity contribution in [2.24, 2.45) is 5.92 Å². The number of piperidine rings is 2. The van der Waals surface area contributed by atoms with Gasteiger partial charge in [0.15, 0.2) is 0 Å². The summed E-state index contributed by atoms with van der Waals surface area (Å²) in [5, 5.41) is 4.89. The van der Waals surface area contributed by atoms with Crippen molar-refractivity contribution >= 4 is 11.0 Å². The Morgan fingerprint density at radius 1 is 1.30 bits per heavy atom. The highest BCUT2D eigenvalue weighted by Gasteiger charge is 2.25. The molecule has 0 saturated carbocycles. The molecule has 2 aliphatic rings. The number of rotatable bonds is 3. The Morgan fingerprint density at radius 2 is 2.26 bits per heavy atom. The van der Waals surface area contributed by atoms with Crippen molar-refractivity contribution in [3.05, 3.63) is 29.6 Å². The molecule has 0 spiro atoms. The van der Waals surface area contributed by atoms with Crippen LogP contribution in [0, 0.1) is 5.92 Å². The van der Waals surface area contributed by atoms with Gasteiger partial charge in [0, 0.05) is 42.8 Å². The van der Waals surface area contributed by atoms with Gasteiger partial charge in [0.1, 0.15) is 5.65 Å². The first-order valence-electron chi connectivity index (χ1n) is 9.20. The highest BCUT2D eigenvalue weighted by molar-refractivity contribution is 5.81. The van der Waals surface area contributed by atoms with Crippen molar-refractivity contribution in [2.75, 3.05) is 26.2 Å². The maximum atomic E-state index is 4.57. The lowest BCUT2D eigenvalue weighted by Gasteiger charge is -2.31. The van der Waals surface area contributed by atoms with E-state index < -0.39 is 0 Å². The Balaban J connectivity index is 1.67. The third-order valence-corrected chi connectivity index (χ3v) is 5.54. The number of H-pyrrole nitrogens is 1. The van der Waals surface area contributed by atoms with E-state index in [2.05, 4.69) is 39.2 Å². The standard InChI is InChI=1S/C19H28N4/c1-14-5-4-10-23(12-14)13-17-16-7-3-9-21-19(16)22-18(17)15-6-2-8-20-11-15/h3,7,9,14-15,20H,2,4-6,8,10-13H2,1H3,(H,21,22)/t14-,15+/m1/s1. The normalized spacial score (nSPS) is 26.7.